The fraction of sp³-hybridized carbons (Fsp3) is 0.294. The van der Waals surface area contributed by atoms with Crippen LogP contribution in [0.4, 0.5) is 0 Å². The molecule has 3 rings (SSSR count). The molecule has 0 radical (unpaired) electrons. The first kappa shape index (κ1) is 17.3. The van der Waals surface area contributed by atoms with Crippen molar-refractivity contribution in [1.29, 1.82) is 0 Å². The highest BCUT2D eigenvalue weighted by atomic mass is 35.5. The number of hydrogen-bond donors (Lipinski definition) is 0. The van der Waals surface area contributed by atoms with Gasteiger partial charge in [-0.1, -0.05) is 11.6 Å². The van der Waals surface area contributed by atoms with Gasteiger partial charge in [-0.05, 0) is 26.0 Å². The normalized spacial score (nSPS) is 11.0. The predicted molar refractivity (Wildman–Crippen MR) is 95.2 cm³/mol. The summed E-state index contributed by atoms with van der Waals surface area (Å²) in [5.74, 6) is 0.760. The Labute approximate surface area is 149 Å². The molecule has 0 spiro atoms. The van der Waals surface area contributed by atoms with Gasteiger partial charge in [-0.25, -0.2) is 14.6 Å². The maximum Gasteiger partial charge on any atom is 0.268 e. The van der Waals surface area contributed by atoms with Gasteiger partial charge in [0.1, 0.15) is 11.0 Å². The topological polar surface area (TPSA) is 74.8 Å². The lowest BCUT2D eigenvalue weighted by atomic mass is 10.1. The molecule has 0 fully saturated rings. The molecule has 3 heterocycles. The summed E-state index contributed by atoms with van der Waals surface area (Å²) in [7, 11) is 1.59. The molecule has 0 saturated carbocycles. The molecule has 25 heavy (non-hydrogen) atoms. The number of rotatable bonds is 5. The monoisotopic (exact) mass is 359 g/mol. The van der Waals surface area contributed by atoms with E-state index in [-0.39, 0.29) is 5.56 Å². The molecule has 0 bridgehead atoms. The highest BCUT2D eigenvalue weighted by molar-refractivity contribution is 6.29. The van der Waals surface area contributed by atoms with E-state index in [1.807, 2.05) is 24.5 Å². The van der Waals surface area contributed by atoms with Crippen molar-refractivity contribution in [2.24, 2.45) is 0 Å². The van der Waals surface area contributed by atoms with Gasteiger partial charge in [0, 0.05) is 30.6 Å². The van der Waals surface area contributed by atoms with Crippen molar-refractivity contribution in [1.82, 2.24) is 24.3 Å². The van der Waals surface area contributed by atoms with E-state index in [4.69, 9.17) is 16.3 Å². The Kier molecular flexibility index (Phi) is 4.96. The molecule has 7 nitrogen and oxygen atoms in total. The van der Waals surface area contributed by atoms with E-state index in [0.29, 0.717) is 24.0 Å². The predicted octanol–water partition coefficient (Wildman–Crippen LogP) is 2.41. The van der Waals surface area contributed by atoms with Crippen molar-refractivity contribution in [3.8, 4) is 16.9 Å². The van der Waals surface area contributed by atoms with Gasteiger partial charge >= 0.3 is 0 Å². The van der Waals surface area contributed by atoms with Crippen LogP contribution >= 0.6 is 11.6 Å². The van der Waals surface area contributed by atoms with Gasteiger partial charge in [-0.3, -0.25) is 9.36 Å². The summed E-state index contributed by atoms with van der Waals surface area (Å²) in [4.78, 5) is 20.9. The average molecular weight is 360 g/mol. The third-order valence-electron chi connectivity index (χ3n) is 3.90. The summed E-state index contributed by atoms with van der Waals surface area (Å²) in [6.45, 7) is 4.68. The number of hydrogen-bond acceptors (Lipinski definition) is 5. The van der Waals surface area contributed by atoms with Crippen molar-refractivity contribution >= 4 is 11.6 Å². The number of pyridine rings is 1. The van der Waals surface area contributed by atoms with Crippen molar-refractivity contribution in [3.05, 3.63) is 57.6 Å². The highest BCUT2D eigenvalue weighted by Gasteiger charge is 2.15. The number of imidazole rings is 1. The Balaban J connectivity index is 2.04. The summed E-state index contributed by atoms with van der Waals surface area (Å²) in [6.07, 6.45) is 3.30. The SMILES string of the molecule is COCCn1ncc(-n2c(C)nc(-c3ccnc(Cl)c3)c2C)cc1=O. The first-order valence-electron chi connectivity index (χ1n) is 7.75. The smallest absolute Gasteiger partial charge is 0.268 e. The molecule has 8 heteroatoms. The van der Waals surface area contributed by atoms with Crippen LogP contribution in [-0.2, 0) is 11.3 Å². The number of methoxy groups -OCH3 is 1. The number of halogens is 1. The van der Waals surface area contributed by atoms with Crippen LogP contribution in [-0.4, -0.2) is 38.0 Å². The molecule has 3 aromatic heterocycles. The summed E-state index contributed by atoms with van der Waals surface area (Å²) in [6, 6.07) is 5.17. The fourth-order valence-electron chi connectivity index (χ4n) is 2.74. The zero-order valence-electron chi connectivity index (χ0n) is 14.2. The first-order valence-corrected chi connectivity index (χ1v) is 8.13. The van der Waals surface area contributed by atoms with Crippen LogP contribution in [0.15, 0.2) is 35.4 Å². The summed E-state index contributed by atoms with van der Waals surface area (Å²) in [5, 5.41) is 4.62. The maximum absolute atomic E-state index is 12.2. The molecule has 3 aromatic rings. The number of ether oxygens (including phenoxy) is 1. The molecular formula is C17H18ClN5O2. The second kappa shape index (κ2) is 7.16. The molecule has 0 unspecified atom stereocenters. The van der Waals surface area contributed by atoms with Gasteiger partial charge in [0.2, 0.25) is 0 Å². The van der Waals surface area contributed by atoms with Gasteiger partial charge in [-0.15, -0.1) is 0 Å². The minimum Gasteiger partial charge on any atom is -0.383 e. The van der Waals surface area contributed by atoms with Gasteiger partial charge in [0.25, 0.3) is 5.56 Å². The van der Waals surface area contributed by atoms with E-state index in [0.717, 1.165) is 22.8 Å². The van der Waals surface area contributed by atoms with Crippen LogP contribution in [0.1, 0.15) is 11.5 Å². The van der Waals surface area contributed by atoms with Gasteiger partial charge in [0.05, 0.1) is 30.7 Å². The molecule has 130 valence electrons. The standard InChI is InChI=1S/C17H18ClN5O2/c1-11-17(13-4-5-19-15(18)8-13)21-12(2)23(11)14-9-16(24)22(20-10-14)6-7-25-3/h4-5,8-10H,6-7H2,1-3H3. The highest BCUT2D eigenvalue weighted by Crippen LogP contribution is 2.26. The third kappa shape index (κ3) is 3.47. The Bertz CT molecular complexity index is 964. The molecule has 0 aliphatic heterocycles. The van der Waals surface area contributed by atoms with Gasteiger partial charge in [-0.2, -0.15) is 5.10 Å². The number of aryl methyl sites for hydroxylation is 1. The molecule has 0 aliphatic carbocycles. The molecule has 0 amide bonds. The zero-order valence-corrected chi connectivity index (χ0v) is 15.0. The maximum atomic E-state index is 12.2. The second-order valence-corrected chi connectivity index (χ2v) is 5.95. The number of nitrogens with zero attached hydrogens (tertiary/aromatic N) is 5. The van der Waals surface area contributed by atoms with E-state index in [1.165, 1.54) is 4.68 Å². The zero-order chi connectivity index (χ0) is 18.0. The lowest BCUT2D eigenvalue weighted by molar-refractivity contribution is 0.182. The lowest BCUT2D eigenvalue weighted by Gasteiger charge is -2.09. The Morgan fingerprint density at radius 3 is 2.76 bits per heavy atom. The minimum atomic E-state index is -0.185. The van der Waals surface area contributed by atoms with Gasteiger partial charge in [0.15, 0.2) is 0 Å². The Morgan fingerprint density at radius 1 is 1.28 bits per heavy atom. The molecule has 0 aliphatic rings. The van der Waals surface area contributed by atoms with Crippen LogP contribution < -0.4 is 5.56 Å². The molecule has 0 saturated heterocycles. The summed E-state index contributed by atoms with van der Waals surface area (Å²) in [5.41, 5.74) is 3.06. The quantitative estimate of drug-likeness (QED) is 0.654. The lowest BCUT2D eigenvalue weighted by Crippen LogP contribution is -2.25. The second-order valence-electron chi connectivity index (χ2n) is 5.56. The molecule has 0 N–H and O–H groups in total. The van der Waals surface area contributed by atoms with Crippen molar-refractivity contribution < 1.29 is 4.74 Å². The van der Waals surface area contributed by atoms with Crippen molar-refractivity contribution in [2.45, 2.75) is 20.4 Å². The van der Waals surface area contributed by atoms with Crippen LogP contribution in [0.2, 0.25) is 5.15 Å². The van der Waals surface area contributed by atoms with Crippen molar-refractivity contribution in [2.75, 3.05) is 13.7 Å². The molecular weight excluding hydrogens is 342 g/mol. The van der Waals surface area contributed by atoms with E-state index >= 15 is 0 Å². The van der Waals surface area contributed by atoms with E-state index < -0.39 is 0 Å². The van der Waals surface area contributed by atoms with Crippen molar-refractivity contribution in [3.63, 3.8) is 0 Å². The first-order chi connectivity index (χ1) is 12.0. The summed E-state index contributed by atoms with van der Waals surface area (Å²) < 4.78 is 8.26. The third-order valence-corrected chi connectivity index (χ3v) is 4.10. The minimum absolute atomic E-state index is 0.185. The fourth-order valence-corrected chi connectivity index (χ4v) is 2.91. The largest absolute Gasteiger partial charge is 0.383 e. The summed E-state index contributed by atoms with van der Waals surface area (Å²) >= 11 is 5.98. The number of aromatic nitrogens is 5. The van der Waals surface area contributed by atoms with Gasteiger partial charge < -0.3 is 4.74 Å². The molecule has 0 aromatic carbocycles. The van der Waals surface area contributed by atoms with E-state index in [1.54, 1.807) is 31.6 Å². The van der Waals surface area contributed by atoms with E-state index in [2.05, 4.69) is 15.1 Å². The van der Waals surface area contributed by atoms with Crippen LogP contribution in [0, 0.1) is 13.8 Å². The molecule has 0 atom stereocenters. The van der Waals surface area contributed by atoms with Crippen LogP contribution in [0.25, 0.3) is 16.9 Å². The Morgan fingerprint density at radius 2 is 2.08 bits per heavy atom. The van der Waals surface area contributed by atoms with Crippen LogP contribution in [0.3, 0.4) is 0 Å². The van der Waals surface area contributed by atoms with E-state index in [9.17, 15) is 4.79 Å². The average Bonchev–Trinajstić information content (AvgIpc) is 2.88. The van der Waals surface area contributed by atoms with Crippen LogP contribution in [0.5, 0.6) is 0 Å². The Hall–Kier alpha value is -2.51.